The minimum atomic E-state index is -1.76. The molecule has 0 amide bonds. The second-order valence-corrected chi connectivity index (χ2v) is 18.0. The van der Waals surface area contributed by atoms with Crippen LogP contribution in [0.4, 0.5) is 0 Å². The standard InChI is InChI=1S/C52H55N5O/c1-50(2,3)32-36-19-21-54-49(28-36)57-46-18-15-40(39-13-11-10-12-14-39)29-45(46)44-17-16-42(30-47(44)57)58-43-20-22-53-48(31-43)56-24-23-55(35-56)41-26-37(33-51(4,5)6)25-38(27-41)34-52(7,8)9/h10-31H,32-34H2,1-9H3/i32D2,33D2,34D2. The summed E-state index contributed by atoms with van der Waals surface area (Å²) in [4.78, 5) is 9.42. The molecule has 0 fully saturated rings. The lowest BCUT2D eigenvalue weighted by Gasteiger charge is -2.22. The number of imidazole rings is 1. The Morgan fingerprint density at radius 3 is 1.95 bits per heavy atom. The van der Waals surface area contributed by atoms with Crippen LogP contribution in [0.2, 0.25) is 0 Å². The first-order valence-corrected chi connectivity index (χ1v) is 19.8. The number of fused-ring (bicyclic) bond motifs is 3. The van der Waals surface area contributed by atoms with Gasteiger partial charge in [0.1, 0.15) is 17.3 Å². The van der Waals surface area contributed by atoms with Gasteiger partial charge in [-0.25, -0.2) is 4.98 Å². The normalized spacial score (nSPS) is 14.7. The van der Waals surface area contributed by atoms with Crippen molar-refractivity contribution in [1.29, 1.82) is 0 Å². The highest BCUT2D eigenvalue weighted by molar-refractivity contribution is 6.10. The van der Waals surface area contributed by atoms with Gasteiger partial charge in [0.05, 0.1) is 16.7 Å². The Balaban J connectivity index is 1.18. The van der Waals surface area contributed by atoms with Gasteiger partial charge in [-0.2, -0.15) is 0 Å². The van der Waals surface area contributed by atoms with E-state index in [4.69, 9.17) is 17.9 Å². The molecule has 4 aromatic heterocycles. The fourth-order valence-corrected chi connectivity index (χ4v) is 7.25. The largest absolute Gasteiger partial charge is 0.458 e. The van der Waals surface area contributed by atoms with Gasteiger partial charge in [0.25, 0.3) is 6.33 Å². The minimum Gasteiger partial charge on any atom is -0.458 e. The van der Waals surface area contributed by atoms with Gasteiger partial charge in [0.15, 0.2) is 5.82 Å². The molecule has 0 aliphatic carbocycles. The van der Waals surface area contributed by atoms with Crippen molar-refractivity contribution in [3.05, 3.63) is 157 Å². The Hall–Kier alpha value is -6.01. The van der Waals surface area contributed by atoms with Gasteiger partial charge in [0.2, 0.25) is 0 Å². The molecule has 8 aromatic rings. The van der Waals surface area contributed by atoms with Crippen molar-refractivity contribution in [2.45, 2.75) is 81.4 Å². The molecule has 8 rings (SSSR count). The van der Waals surface area contributed by atoms with Crippen LogP contribution in [0, 0.1) is 22.6 Å². The fourth-order valence-electron chi connectivity index (χ4n) is 7.25. The highest BCUT2D eigenvalue weighted by atomic mass is 16.5. The van der Waals surface area contributed by atoms with Crippen LogP contribution in [-0.2, 0) is 19.1 Å². The van der Waals surface area contributed by atoms with E-state index >= 15 is 0 Å². The maximum atomic E-state index is 9.09. The van der Waals surface area contributed by atoms with Crippen LogP contribution in [0.25, 0.3) is 50.3 Å². The lowest BCUT2D eigenvalue weighted by Crippen LogP contribution is -2.29. The second-order valence-electron chi connectivity index (χ2n) is 18.0. The summed E-state index contributed by atoms with van der Waals surface area (Å²) in [5.74, 6) is 2.24. The van der Waals surface area contributed by atoms with Crippen molar-refractivity contribution < 1.29 is 17.5 Å². The van der Waals surface area contributed by atoms with Crippen LogP contribution in [0.1, 0.15) is 87.2 Å². The minimum absolute atomic E-state index is 0.393. The first kappa shape index (κ1) is 32.0. The number of rotatable bonds is 9. The SMILES string of the molecule is [2H]C([2H])(c1cc(-[n+]2[c-]n(-c3cc(Oc4ccc5c6cc(-c7ccccc7)ccc6n(-c6cc(C([2H])([2H])C(C)(C)C)ccn6)c5c4)ccn3)cc2)cc(C([2H])([2H])C(C)(C)C)c1)C(C)(C)C. The molecule has 0 saturated heterocycles. The average Bonchev–Trinajstić information content (AvgIpc) is 3.86. The average molecular weight is 772 g/mol. The number of hydrogen-bond donors (Lipinski definition) is 0. The van der Waals surface area contributed by atoms with E-state index in [1.807, 2.05) is 111 Å². The Labute approximate surface area is 352 Å². The fraction of sp³-hybridized carbons (Fsp3) is 0.288. The number of aromatic nitrogens is 5. The summed E-state index contributed by atoms with van der Waals surface area (Å²) in [6, 6.07) is 35.0. The van der Waals surface area contributed by atoms with Crippen LogP contribution in [0.3, 0.4) is 0 Å². The molecule has 0 aliphatic rings. The summed E-state index contributed by atoms with van der Waals surface area (Å²) >= 11 is 0. The molecule has 0 spiro atoms. The van der Waals surface area contributed by atoms with Gasteiger partial charge in [-0.1, -0.05) is 116 Å². The maximum absolute atomic E-state index is 9.09. The zero-order valence-electron chi connectivity index (χ0n) is 40.8. The molecule has 294 valence electrons. The van der Waals surface area contributed by atoms with Crippen molar-refractivity contribution in [1.82, 2.24) is 19.1 Å². The van der Waals surface area contributed by atoms with E-state index in [2.05, 4.69) is 46.2 Å². The molecule has 0 bridgehead atoms. The predicted molar refractivity (Wildman–Crippen MR) is 237 cm³/mol. The molecular formula is C52H55N5O. The van der Waals surface area contributed by atoms with Gasteiger partial charge in [-0.05, 0) is 107 Å². The smallest absolute Gasteiger partial charge is 0.270 e. The Morgan fingerprint density at radius 2 is 1.24 bits per heavy atom. The summed E-state index contributed by atoms with van der Waals surface area (Å²) in [5.41, 5.74) is 3.72. The van der Waals surface area contributed by atoms with Gasteiger partial charge in [0, 0.05) is 55.9 Å². The van der Waals surface area contributed by atoms with E-state index in [1.165, 1.54) is 0 Å². The number of hydrogen-bond acceptors (Lipinski definition) is 3. The number of benzene rings is 4. The third-order valence-corrected chi connectivity index (χ3v) is 9.35. The van der Waals surface area contributed by atoms with Gasteiger partial charge in [-0.15, -0.1) is 0 Å². The maximum Gasteiger partial charge on any atom is 0.270 e. The molecule has 0 unspecified atom stereocenters. The van der Waals surface area contributed by atoms with Crippen molar-refractivity contribution in [3.63, 3.8) is 0 Å². The molecule has 0 atom stereocenters. The van der Waals surface area contributed by atoms with Crippen LogP contribution in [0.5, 0.6) is 11.5 Å². The highest BCUT2D eigenvalue weighted by Gasteiger charge is 2.19. The zero-order valence-corrected chi connectivity index (χ0v) is 34.8. The van der Waals surface area contributed by atoms with Crippen molar-refractivity contribution in [2.75, 3.05) is 0 Å². The third-order valence-electron chi connectivity index (χ3n) is 9.35. The molecule has 6 heteroatoms. The van der Waals surface area contributed by atoms with Gasteiger partial charge >= 0.3 is 0 Å². The van der Waals surface area contributed by atoms with E-state index in [0.717, 1.165) is 32.9 Å². The van der Waals surface area contributed by atoms with E-state index in [1.54, 1.807) is 64.3 Å². The number of pyridine rings is 2. The van der Waals surface area contributed by atoms with Gasteiger partial charge in [-0.3, -0.25) is 18.7 Å². The van der Waals surface area contributed by atoms with E-state index < -0.39 is 35.4 Å². The van der Waals surface area contributed by atoms with Crippen LogP contribution in [-0.4, -0.2) is 19.1 Å². The number of nitrogens with zero attached hydrogens (tertiary/aromatic N) is 5. The molecule has 6 nitrogen and oxygen atoms in total. The van der Waals surface area contributed by atoms with Crippen molar-refractivity contribution >= 4 is 21.8 Å². The number of ether oxygens (including phenoxy) is 1. The summed E-state index contributed by atoms with van der Waals surface area (Å²) in [6.07, 6.45) is 5.11. The second kappa shape index (κ2) is 15.1. The van der Waals surface area contributed by atoms with Gasteiger partial charge < -0.3 is 4.74 Å². The molecule has 0 N–H and O–H groups in total. The highest BCUT2D eigenvalue weighted by Crippen LogP contribution is 2.38. The quantitative estimate of drug-likeness (QED) is 0.108. The molecule has 58 heavy (non-hydrogen) atoms. The Kier molecular flexibility index (Phi) is 8.31. The first-order chi connectivity index (χ1) is 29.9. The Morgan fingerprint density at radius 1 is 0.586 bits per heavy atom. The summed E-state index contributed by atoms with van der Waals surface area (Å²) in [6.45, 7) is 16.8. The molecule has 4 aromatic carbocycles. The summed E-state index contributed by atoms with van der Waals surface area (Å²) in [7, 11) is 0. The molecule has 0 aliphatic heterocycles. The van der Waals surface area contributed by atoms with E-state index in [9.17, 15) is 0 Å². The third kappa shape index (κ3) is 8.92. The monoisotopic (exact) mass is 771 g/mol. The van der Waals surface area contributed by atoms with Crippen molar-refractivity contribution in [3.8, 4) is 39.9 Å². The Bertz CT molecular complexity index is 2980. The zero-order chi connectivity index (χ0) is 46.2. The van der Waals surface area contributed by atoms with Crippen LogP contribution >= 0.6 is 0 Å². The molecule has 0 radical (unpaired) electrons. The predicted octanol–water partition coefficient (Wildman–Crippen LogP) is 12.7. The summed E-state index contributed by atoms with van der Waals surface area (Å²) < 4.78 is 66.5. The molecule has 0 saturated carbocycles. The molecular weight excluding hydrogens is 711 g/mol. The molecule has 4 heterocycles. The first-order valence-electron chi connectivity index (χ1n) is 22.8. The van der Waals surface area contributed by atoms with E-state index in [-0.39, 0.29) is 0 Å². The topological polar surface area (TPSA) is 48.8 Å². The van der Waals surface area contributed by atoms with Crippen LogP contribution < -0.4 is 9.30 Å². The summed E-state index contributed by atoms with van der Waals surface area (Å²) in [5, 5.41) is 2.02. The van der Waals surface area contributed by atoms with Crippen LogP contribution in [0.15, 0.2) is 134 Å². The van der Waals surface area contributed by atoms with E-state index in [0.29, 0.717) is 45.5 Å². The van der Waals surface area contributed by atoms with Crippen molar-refractivity contribution in [2.24, 2.45) is 16.2 Å². The lowest BCUT2D eigenvalue weighted by molar-refractivity contribution is -0.599. The lowest BCUT2D eigenvalue weighted by atomic mass is 9.84.